The van der Waals surface area contributed by atoms with Crippen molar-refractivity contribution < 1.29 is 22.7 Å². The number of aliphatic hydroxyl groups excluding tert-OH is 1. The summed E-state index contributed by atoms with van der Waals surface area (Å²) in [6.45, 7) is 1.55. The lowest BCUT2D eigenvalue weighted by molar-refractivity contribution is -0.154. The number of pyridine rings is 1. The van der Waals surface area contributed by atoms with Crippen LogP contribution in [-0.4, -0.2) is 16.3 Å². The van der Waals surface area contributed by atoms with Gasteiger partial charge in [-0.3, -0.25) is 4.98 Å². The van der Waals surface area contributed by atoms with Crippen LogP contribution >= 0.6 is 0 Å². The van der Waals surface area contributed by atoms with Crippen molar-refractivity contribution in [3.05, 3.63) is 29.3 Å². The summed E-state index contributed by atoms with van der Waals surface area (Å²) in [6, 6.07) is 1.03. The number of aryl methyl sites for hydroxylation is 1. The number of aliphatic hydroxyl groups is 1. The zero-order valence-electron chi connectivity index (χ0n) is 7.85. The molecule has 1 atom stereocenters. The molecule has 0 aliphatic carbocycles. The minimum Gasteiger partial charge on any atom is -0.386 e. The second kappa shape index (κ2) is 4.14. The normalized spacial score (nSPS) is 14.0. The fourth-order valence-corrected chi connectivity index (χ4v) is 1.11. The van der Waals surface area contributed by atoms with Crippen LogP contribution in [0.15, 0.2) is 12.3 Å². The van der Waals surface area contributed by atoms with Crippen LogP contribution in [0.1, 0.15) is 23.8 Å². The predicted octanol–water partition coefficient (Wildman–Crippen LogP) is 2.51. The van der Waals surface area contributed by atoms with E-state index < -0.39 is 30.2 Å². The van der Waals surface area contributed by atoms with E-state index in [1.807, 2.05) is 0 Å². The number of alkyl halides is 3. The lowest BCUT2D eigenvalue weighted by Gasteiger charge is -2.13. The molecule has 0 saturated heterocycles. The van der Waals surface area contributed by atoms with E-state index in [0.29, 0.717) is 5.56 Å². The molecule has 0 aliphatic heterocycles. The molecule has 15 heavy (non-hydrogen) atoms. The first-order valence-electron chi connectivity index (χ1n) is 4.16. The van der Waals surface area contributed by atoms with Crippen LogP contribution in [-0.2, 0) is 0 Å². The van der Waals surface area contributed by atoms with Gasteiger partial charge < -0.3 is 5.11 Å². The predicted molar refractivity (Wildman–Crippen MR) is 44.6 cm³/mol. The van der Waals surface area contributed by atoms with E-state index in [-0.39, 0.29) is 0 Å². The molecule has 0 amide bonds. The minimum absolute atomic E-state index is 0.482. The molecule has 0 fully saturated rings. The largest absolute Gasteiger partial charge is 0.391 e. The summed E-state index contributed by atoms with van der Waals surface area (Å²) >= 11 is 0. The first-order chi connectivity index (χ1) is 6.79. The zero-order valence-corrected chi connectivity index (χ0v) is 7.85. The Bertz CT molecular complexity index is 350. The highest BCUT2D eigenvalue weighted by molar-refractivity contribution is 5.16. The third-order valence-electron chi connectivity index (χ3n) is 1.75. The van der Waals surface area contributed by atoms with Crippen LogP contribution in [0.4, 0.5) is 17.6 Å². The molecule has 0 aliphatic rings. The van der Waals surface area contributed by atoms with Crippen molar-refractivity contribution in [2.45, 2.75) is 25.6 Å². The minimum atomic E-state index is -4.54. The van der Waals surface area contributed by atoms with Crippen molar-refractivity contribution in [1.29, 1.82) is 0 Å². The fraction of sp³-hybridized carbons (Fsp3) is 0.444. The third-order valence-corrected chi connectivity index (χ3v) is 1.75. The van der Waals surface area contributed by atoms with Crippen molar-refractivity contribution >= 4 is 0 Å². The highest BCUT2D eigenvalue weighted by Gasteiger charge is 2.33. The maximum absolute atomic E-state index is 13.1. The molecule has 6 heteroatoms. The van der Waals surface area contributed by atoms with Gasteiger partial charge in [0.25, 0.3) is 0 Å². The van der Waals surface area contributed by atoms with Gasteiger partial charge >= 0.3 is 6.18 Å². The summed E-state index contributed by atoms with van der Waals surface area (Å²) in [4.78, 5) is 3.44. The SMILES string of the molecule is Cc1cnc(C(O)CC(F)(F)F)c(F)c1. The Morgan fingerprint density at radius 1 is 1.47 bits per heavy atom. The number of aromatic nitrogens is 1. The molecule has 1 aromatic rings. The second-order valence-corrected chi connectivity index (χ2v) is 3.21. The molecule has 1 aromatic heterocycles. The molecular weight excluding hydrogens is 214 g/mol. The lowest BCUT2D eigenvalue weighted by Crippen LogP contribution is -2.15. The molecule has 0 spiro atoms. The standard InChI is InChI=1S/C9H9F4NO/c1-5-2-6(10)8(14-4-5)7(15)3-9(11,12)13/h2,4,7,15H,3H2,1H3. The molecule has 0 aromatic carbocycles. The Morgan fingerprint density at radius 2 is 2.07 bits per heavy atom. The smallest absolute Gasteiger partial charge is 0.386 e. The van der Waals surface area contributed by atoms with Gasteiger partial charge in [0.15, 0.2) is 0 Å². The van der Waals surface area contributed by atoms with E-state index in [4.69, 9.17) is 5.11 Å². The van der Waals surface area contributed by atoms with Crippen molar-refractivity contribution in [1.82, 2.24) is 4.98 Å². The Balaban J connectivity index is 2.87. The van der Waals surface area contributed by atoms with Crippen LogP contribution in [0.25, 0.3) is 0 Å². The zero-order chi connectivity index (χ0) is 11.6. The Morgan fingerprint density at radius 3 is 2.53 bits per heavy atom. The summed E-state index contributed by atoms with van der Waals surface area (Å²) in [5, 5.41) is 9.11. The molecule has 0 saturated carbocycles. The Kier molecular flexibility index (Phi) is 3.28. The van der Waals surface area contributed by atoms with Crippen molar-refractivity contribution in [3.63, 3.8) is 0 Å². The molecule has 84 valence electrons. The first-order valence-corrected chi connectivity index (χ1v) is 4.16. The average molecular weight is 223 g/mol. The van der Waals surface area contributed by atoms with E-state index in [2.05, 4.69) is 4.98 Å². The average Bonchev–Trinajstić information content (AvgIpc) is 1.99. The highest BCUT2D eigenvalue weighted by Crippen LogP contribution is 2.29. The van der Waals surface area contributed by atoms with Crippen molar-refractivity contribution in [2.75, 3.05) is 0 Å². The number of nitrogens with zero attached hydrogens (tertiary/aromatic N) is 1. The number of hydrogen-bond acceptors (Lipinski definition) is 2. The first kappa shape index (κ1) is 11.9. The lowest BCUT2D eigenvalue weighted by atomic mass is 10.1. The molecule has 1 unspecified atom stereocenters. The summed E-state index contributed by atoms with van der Waals surface area (Å²) in [5.41, 5.74) is -0.0895. The maximum Gasteiger partial charge on any atom is 0.391 e. The quantitative estimate of drug-likeness (QED) is 0.781. The van der Waals surface area contributed by atoms with Gasteiger partial charge in [0.05, 0.1) is 6.42 Å². The van der Waals surface area contributed by atoms with Crippen LogP contribution < -0.4 is 0 Å². The Hall–Kier alpha value is -1.17. The van der Waals surface area contributed by atoms with Crippen molar-refractivity contribution in [2.24, 2.45) is 0 Å². The monoisotopic (exact) mass is 223 g/mol. The molecule has 0 radical (unpaired) electrons. The van der Waals surface area contributed by atoms with Gasteiger partial charge in [0, 0.05) is 6.20 Å². The van der Waals surface area contributed by atoms with Crippen molar-refractivity contribution in [3.8, 4) is 0 Å². The molecule has 1 heterocycles. The summed E-state index contributed by atoms with van der Waals surface area (Å²) in [7, 11) is 0. The van der Waals surface area contributed by atoms with Gasteiger partial charge in [0.1, 0.15) is 17.6 Å². The molecule has 0 bridgehead atoms. The summed E-state index contributed by atoms with van der Waals surface area (Å²) in [6.07, 6.45) is -6.79. The van der Waals surface area contributed by atoms with Crippen LogP contribution in [0.5, 0.6) is 0 Å². The van der Waals surface area contributed by atoms with E-state index >= 15 is 0 Å². The number of rotatable bonds is 2. The van der Waals surface area contributed by atoms with Crippen LogP contribution in [0.3, 0.4) is 0 Å². The highest BCUT2D eigenvalue weighted by atomic mass is 19.4. The third kappa shape index (κ3) is 3.47. The van der Waals surface area contributed by atoms with E-state index in [9.17, 15) is 17.6 Å². The molecule has 1 N–H and O–H groups in total. The Labute approximate surface area is 83.6 Å². The summed E-state index contributed by atoms with van der Waals surface area (Å²) in [5.74, 6) is -0.924. The molecule has 2 nitrogen and oxygen atoms in total. The van der Waals surface area contributed by atoms with Crippen LogP contribution in [0, 0.1) is 12.7 Å². The topological polar surface area (TPSA) is 33.1 Å². The van der Waals surface area contributed by atoms with Crippen LogP contribution in [0.2, 0.25) is 0 Å². The van der Waals surface area contributed by atoms with Gasteiger partial charge in [0.2, 0.25) is 0 Å². The van der Waals surface area contributed by atoms with Gasteiger partial charge in [-0.25, -0.2) is 4.39 Å². The molecule has 1 rings (SSSR count). The number of halogens is 4. The summed E-state index contributed by atoms with van der Waals surface area (Å²) < 4.78 is 48.8. The van der Waals surface area contributed by atoms with E-state index in [1.54, 1.807) is 6.92 Å². The van der Waals surface area contributed by atoms with Gasteiger partial charge in [-0.2, -0.15) is 13.2 Å². The fourth-order valence-electron chi connectivity index (χ4n) is 1.11. The van der Waals surface area contributed by atoms with E-state index in [1.165, 1.54) is 6.20 Å². The van der Waals surface area contributed by atoms with E-state index in [0.717, 1.165) is 6.07 Å². The van der Waals surface area contributed by atoms with Gasteiger partial charge in [-0.05, 0) is 18.6 Å². The second-order valence-electron chi connectivity index (χ2n) is 3.21. The van der Waals surface area contributed by atoms with Gasteiger partial charge in [-0.15, -0.1) is 0 Å². The number of hydrogen-bond donors (Lipinski definition) is 1. The molecular formula is C9H9F4NO. The van der Waals surface area contributed by atoms with Gasteiger partial charge in [-0.1, -0.05) is 0 Å². The maximum atomic E-state index is 13.1.